The lowest BCUT2D eigenvalue weighted by atomic mass is 9.85. The Labute approximate surface area is 136 Å². The first-order valence-electron chi connectivity index (χ1n) is 7.71. The number of nitriles is 1. The van der Waals surface area contributed by atoms with Gasteiger partial charge < -0.3 is 9.64 Å². The van der Waals surface area contributed by atoms with E-state index in [0.29, 0.717) is 18.5 Å². The highest BCUT2D eigenvalue weighted by atomic mass is 16.5. The Morgan fingerprint density at radius 1 is 1.39 bits per heavy atom. The van der Waals surface area contributed by atoms with Crippen LogP contribution in [0.5, 0.6) is 0 Å². The first-order chi connectivity index (χ1) is 10.8. The minimum absolute atomic E-state index is 0.0453. The number of ether oxygens (including phenoxy) is 1. The molecule has 1 aromatic carbocycles. The number of fused-ring (bicyclic) bond motifs is 1. The van der Waals surface area contributed by atoms with Crippen LogP contribution < -0.4 is 0 Å². The standard InChI is InChI=1S/C18H22N2O3/c1-18(2,3)12-7-8-13-14(10-12)15(11-19)20(17(13)22)9-5-6-16(21)23-4/h7-8,10,15H,5-6,9H2,1-4H3. The van der Waals surface area contributed by atoms with E-state index in [2.05, 4.69) is 31.6 Å². The number of rotatable bonds is 4. The molecule has 5 nitrogen and oxygen atoms in total. The summed E-state index contributed by atoms with van der Waals surface area (Å²) in [5.74, 6) is -0.449. The quantitative estimate of drug-likeness (QED) is 0.801. The lowest BCUT2D eigenvalue weighted by molar-refractivity contribution is -0.140. The normalized spacial score (nSPS) is 16.9. The van der Waals surface area contributed by atoms with Crippen molar-refractivity contribution in [3.05, 3.63) is 34.9 Å². The maximum Gasteiger partial charge on any atom is 0.305 e. The fourth-order valence-corrected chi connectivity index (χ4v) is 2.76. The van der Waals surface area contributed by atoms with Crippen LogP contribution in [0.15, 0.2) is 18.2 Å². The third-order valence-electron chi connectivity index (χ3n) is 4.14. The van der Waals surface area contributed by atoms with Gasteiger partial charge in [0, 0.05) is 24.1 Å². The van der Waals surface area contributed by atoms with E-state index in [1.807, 2.05) is 18.2 Å². The predicted octanol–water partition coefficient (Wildman–Crippen LogP) is 2.96. The molecule has 23 heavy (non-hydrogen) atoms. The van der Waals surface area contributed by atoms with Gasteiger partial charge in [0.1, 0.15) is 6.04 Å². The van der Waals surface area contributed by atoms with Gasteiger partial charge in [-0.05, 0) is 23.5 Å². The molecular weight excluding hydrogens is 292 g/mol. The highest BCUT2D eigenvalue weighted by Crippen LogP contribution is 2.36. The van der Waals surface area contributed by atoms with Crippen LogP contribution in [0.25, 0.3) is 0 Å². The summed E-state index contributed by atoms with van der Waals surface area (Å²) in [6, 6.07) is 7.35. The van der Waals surface area contributed by atoms with Crippen LogP contribution in [0.4, 0.5) is 0 Å². The average molecular weight is 314 g/mol. The Kier molecular flexibility index (Phi) is 4.74. The number of nitrogens with zero attached hydrogens (tertiary/aromatic N) is 2. The highest BCUT2D eigenvalue weighted by Gasteiger charge is 2.37. The van der Waals surface area contributed by atoms with Gasteiger partial charge in [0.2, 0.25) is 0 Å². The maximum absolute atomic E-state index is 12.5. The van der Waals surface area contributed by atoms with Crippen LogP contribution >= 0.6 is 0 Å². The molecule has 1 aromatic rings. The molecule has 2 rings (SSSR count). The summed E-state index contributed by atoms with van der Waals surface area (Å²) in [7, 11) is 1.34. The minimum atomic E-state index is -0.586. The van der Waals surface area contributed by atoms with Crippen LogP contribution in [0.1, 0.15) is 61.1 Å². The SMILES string of the molecule is COC(=O)CCCN1C(=O)c2ccc(C(C)(C)C)cc2C1C#N. The van der Waals surface area contributed by atoms with Crippen LogP contribution in [0.3, 0.4) is 0 Å². The summed E-state index contributed by atoms with van der Waals surface area (Å²) in [5.41, 5.74) is 2.41. The third-order valence-corrected chi connectivity index (χ3v) is 4.14. The molecule has 0 saturated heterocycles. The summed E-state index contributed by atoms with van der Waals surface area (Å²) >= 11 is 0. The van der Waals surface area contributed by atoms with Crippen molar-refractivity contribution < 1.29 is 14.3 Å². The van der Waals surface area contributed by atoms with Crippen molar-refractivity contribution in [1.82, 2.24) is 4.90 Å². The lowest BCUT2D eigenvalue weighted by Crippen LogP contribution is -2.28. The second kappa shape index (κ2) is 6.41. The zero-order chi connectivity index (χ0) is 17.2. The molecular formula is C18H22N2O3. The molecule has 0 radical (unpaired) electrons. The lowest BCUT2D eigenvalue weighted by Gasteiger charge is -2.21. The summed E-state index contributed by atoms with van der Waals surface area (Å²) in [5, 5.41) is 9.51. The second-order valence-corrected chi connectivity index (χ2v) is 6.76. The van der Waals surface area contributed by atoms with E-state index < -0.39 is 6.04 Å². The number of benzene rings is 1. The molecule has 0 N–H and O–H groups in total. The number of carbonyl (C=O) groups is 2. The first kappa shape index (κ1) is 17.0. The number of hydrogen-bond acceptors (Lipinski definition) is 4. The van der Waals surface area contributed by atoms with E-state index in [4.69, 9.17) is 0 Å². The Morgan fingerprint density at radius 2 is 2.09 bits per heavy atom. The molecule has 122 valence electrons. The van der Waals surface area contributed by atoms with Crippen LogP contribution in [0, 0.1) is 11.3 Å². The second-order valence-electron chi connectivity index (χ2n) is 6.76. The summed E-state index contributed by atoms with van der Waals surface area (Å²) in [6.07, 6.45) is 0.721. The van der Waals surface area contributed by atoms with Gasteiger partial charge >= 0.3 is 5.97 Å². The van der Waals surface area contributed by atoms with E-state index in [0.717, 1.165) is 11.1 Å². The number of esters is 1. The largest absolute Gasteiger partial charge is 0.469 e. The average Bonchev–Trinajstić information content (AvgIpc) is 2.78. The maximum atomic E-state index is 12.5. The van der Waals surface area contributed by atoms with Gasteiger partial charge in [-0.15, -0.1) is 0 Å². The fraction of sp³-hybridized carbons (Fsp3) is 0.500. The number of hydrogen-bond donors (Lipinski definition) is 0. The minimum Gasteiger partial charge on any atom is -0.469 e. The van der Waals surface area contributed by atoms with Gasteiger partial charge in [0.25, 0.3) is 5.91 Å². The molecule has 1 atom stereocenters. The van der Waals surface area contributed by atoms with Gasteiger partial charge in [-0.2, -0.15) is 5.26 Å². The van der Waals surface area contributed by atoms with Gasteiger partial charge in [-0.1, -0.05) is 32.9 Å². The smallest absolute Gasteiger partial charge is 0.305 e. The summed E-state index contributed by atoms with van der Waals surface area (Å²) < 4.78 is 4.60. The zero-order valence-electron chi connectivity index (χ0n) is 14.0. The van der Waals surface area contributed by atoms with Crippen molar-refractivity contribution in [3.63, 3.8) is 0 Å². The van der Waals surface area contributed by atoms with E-state index in [-0.39, 0.29) is 23.7 Å². The molecule has 0 bridgehead atoms. The summed E-state index contributed by atoms with van der Waals surface area (Å²) in [6.45, 7) is 6.66. The van der Waals surface area contributed by atoms with Crippen molar-refractivity contribution in [2.45, 2.75) is 45.1 Å². The van der Waals surface area contributed by atoms with Crippen molar-refractivity contribution in [3.8, 4) is 6.07 Å². The Hall–Kier alpha value is -2.35. The van der Waals surface area contributed by atoms with Crippen LogP contribution in [0.2, 0.25) is 0 Å². The van der Waals surface area contributed by atoms with E-state index in [9.17, 15) is 14.9 Å². The molecule has 0 spiro atoms. The molecule has 0 aliphatic carbocycles. The zero-order valence-corrected chi connectivity index (χ0v) is 14.0. The van der Waals surface area contributed by atoms with E-state index in [1.165, 1.54) is 7.11 Å². The predicted molar refractivity (Wildman–Crippen MR) is 85.8 cm³/mol. The van der Waals surface area contributed by atoms with Crippen LogP contribution in [-0.4, -0.2) is 30.4 Å². The molecule has 1 aliphatic rings. The number of methoxy groups -OCH3 is 1. The van der Waals surface area contributed by atoms with Crippen molar-refractivity contribution in [2.24, 2.45) is 0 Å². The Morgan fingerprint density at radius 3 is 2.65 bits per heavy atom. The molecule has 1 unspecified atom stereocenters. The van der Waals surface area contributed by atoms with Gasteiger partial charge in [-0.25, -0.2) is 0 Å². The topological polar surface area (TPSA) is 70.4 Å². The number of carbonyl (C=O) groups excluding carboxylic acids is 2. The van der Waals surface area contributed by atoms with E-state index >= 15 is 0 Å². The van der Waals surface area contributed by atoms with Gasteiger partial charge in [0.15, 0.2) is 0 Å². The highest BCUT2D eigenvalue weighted by molar-refractivity contribution is 5.99. The first-order valence-corrected chi connectivity index (χ1v) is 7.71. The molecule has 0 fully saturated rings. The molecule has 1 heterocycles. The van der Waals surface area contributed by atoms with Gasteiger partial charge in [-0.3, -0.25) is 9.59 Å². The summed E-state index contributed by atoms with van der Waals surface area (Å²) in [4.78, 5) is 25.3. The fourth-order valence-electron chi connectivity index (χ4n) is 2.76. The van der Waals surface area contributed by atoms with Crippen molar-refractivity contribution in [1.29, 1.82) is 5.26 Å². The molecule has 5 heteroatoms. The number of amides is 1. The van der Waals surface area contributed by atoms with Crippen molar-refractivity contribution in [2.75, 3.05) is 13.7 Å². The molecule has 1 amide bonds. The van der Waals surface area contributed by atoms with Crippen LogP contribution in [-0.2, 0) is 14.9 Å². The Bertz CT molecular complexity index is 668. The monoisotopic (exact) mass is 314 g/mol. The molecule has 1 aliphatic heterocycles. The third kappa shape index (κ3) is 3.37. The van der Waals surface area contributed by atoms with Crippen molar-refractivity contribution >= 4 is 11.9 Å². The molecule has 0 saturated carbocycles. The van der Waals surface area contributed by atoms with Gasteiger partial charge in [0.05, 0.1) is 13.2 Å². The Balaban J connectivity index is 2.23. The van der Waals surface area contributed by atoms with E-state index in [1.54, 1.807) is 4.90 Å². The molecule has 0 aromatic heterocycles.